The quantitative estimate of drug-likeness (QED) is 0.808. The molecule has 4 nitrogen and oxygen atoms in total. The largest absolute Gasteiger partial charge is 0.433 e. The molecule has 1 aromatic rings. The average molecular weight is 296 g/mol. The van der Waals surface area contributed by atoms with Crippen molar-refractivity contribution in [2.45, 2.75) is 25.6 Å². The molecular formula is C11H13ClF3N3O. The predicted octanol–water partition coefficient (Wildman–Crippen LogP) is 2.36. The number of aromatic nitrogens is 2. The Bertz CT molecular complexity index is 469. The minimum atomic E-state index is -4.55. The maximum atomic E-state index is 12.6. The summed E-state index contributed by atoms with van der Waals surface area (Å²) in [4.78, 5) is 8.70. The summed E-state index contributed by atoms with van der Waals surface area (Å²) in [5.41, 5.74) is -1.05. The van der Waals surface area contributed by atoms with Gasteiger partial charge in [0.05, 0.1) is 6.10 Å². The van der Waals surface area contributed by atoms with Crippen molar-refractivity contribution in [3.8, 4) is 0 Å². The first-order chi connectivity index (χ1) is 8.77. The third-order valence-electron chi connectivity index (χ3n) is 3.16. The van der Waals surface area contributed by atoms with Gasteiger partial charge in [0, 0.05) is 19.2 Å². The Balaban J connectivity index is 2.28. The zero-order valence-corrected chi connectivity index (χ0v) is 10.9. The van der Waals surface area contributed by atoms with Gasteiger partial charge >= 0.3 is 6.18 Å². The van der Waals surface area contributed by atoms with Crippen LogP contribution in [0, 0.1) is 5.92 Å². The standard InChI is InChI=1S/C11H13ClF3N3O/c1-6-5-18(3-2-7(6)19)9-4-8(11(13,14)15)16-10(12)17-9/h4,6-7,19H,2-3,5H2,1H3. The van der Waals surface area contributed by atoms with Gasteiger partial charge in [-0.2, -0.15) is 13.2 Å². The topological polar surface area (TPSA) is 49.2 Å². The highest BCUT2D eigenvalue weighted by Gasteiger charge is 2.34. The van der Waals surface area contributed by atoms with Crippen LogP contribution in [0.5, 0.6) is 0 Å². The van der Waals surface area contributed by atoms with Crippen molar-refractivity contribution in [1.29, 1.82) is 0 Å². The van der Waals surface area contributed by atoms with Crippen molar-refractivity contribution >= 4 is 17.4 Å². The lowest BCUT2D eigenvalue weighted by molar-refractivity contribution is -0.141. The third-order valence-corrected chi connectivity index (χ3v) is 3.33. The molecule has 0 aromatic carbocycles. The van der Waals surface area contributed by atoms with Crippen LogP contribution < -0.4 is 4.90 Å². The van der Waals surface area contributed by atoms with E-state index in [-0.39, 0.29) is 11.7 Å². The fourth-order valence-corrected chi connectivity index (χ4v) is 2.23. The van der Waals surface area contributed by atoms with E-state index in [0.717, 1.165) is 6.07 Å². The van der Waals surface area contributed by atoms with Crippen molar-refractivity contribution in [3.63, 3.8) is 0 Å². The molecule has 1 aliphatic heterocycles. The summed E-state index contributed by atoms with van der Waals surface area (Å²) in [7, 11) is 0. The molecule has 19 heavy (non-hydrogen) atoms. The number of halogens is 4. The Labute approximate surface area is 113 Å². The fourth-order valence-electron chi connectivity index (χ4n) is 2.05. The lowest BCUT2D eigenvalue weighted by Crippen LogP contribution is -2.42. The van der Waals surface area contributed by atoms with Crippen LogP contribution in [0.25, 0.3) is 0 Å². The van der Waals surface area contributed by atoms with Crippen molar-refractivity contribution in [1.82, 2.24) is 9.97 Å². The van der Waals surface area contributed by atoms with Crippen LogP contribution in [0.4, 0.5) is 19.0 Å². The van der Waals surface area contributed by atoms with Gasteiger partial charge in [-0.15, -0.1) is 0 Å². The monoisotopic (exact) mass is 295 g/mol. The van der Waals surface area contributed by atoms with E-state index in [1.165, 1.54) is 0 Å². The molecule has 0 aliphatic carbocycles. The van der Waals surface area contributed by atoms with Crippen molar-refractivity contribution < 1.29 is 18.3 Å². The third kappa shape index (κ3) is 3.27. The zero-order valence-electron chi connectivity index (χ0n) is 10.2. The number of rotatable bonds is 1. The molecule has 2 atom stereocenters. The normalized spacial score (nSPS) is 24.6. The van der Waals surface area contributed by atoms with Crippen LogP contribution >= 0.6 is 11.6 Å². The maximum Gasteiger partial charge on any atom is 0.433 e. The second-order valence-electron chi connectivity index (χ2n) is 4.66. The minimum Gasteiger partial charge on any atom is -0.393 e. The van der Waals surface area contributed by atoms with E-state index < -0.39 is 23.3 Å². The average Bonchev–Trinajstić information content (AvgIpc) is 2.31. The molecule has 1 aliphatic rings. The molecule has 1 aromatic heterocycles. The maximum absolute atomic E-state index is 12.6. The summed E-state index contributed by atoms with van der Waals surface area (Å²) >= 11 is 5.54. The highest BCUT2D eigenvalue weighted by molar-refractivity contribution is 6.28. The Morgan fingerprint density at radius 3 is 2.68 bits per heavy atom. The van der Waals surface area contributed by atoms with Gasteiger partial charge in [-0.1, -0.05) is 6.92 Å². The van der Waals surface area contributed by atoms with E-state index in [2.05, 4.69) is 9.97 Å². The second-order valence-corrected chi connectivity index (χ2v) is 5.00. The highest BCUT2D eigenvalue weighted by Crippen LogP contribution is 2.31. The van der Waals surface area contributed by atoms with Gasteiger partial charge in [0.25, 0.3) is 0 Å². The lowest BCUT2D eigenvalue weighted by Gasteiger charge is -2.35. The summed E-state index contributed by atoms with van der Waals surface area (Å²) < 4.78 is 37.9. The molecule has 0 bridgehead atoms. The van der Waals surface area contributed by atoms with Gasteiger partial charge in [0.2, 0.25) is 5.28 Å². The summed E-state index contributed by atoms with van der Waals surface area (Å²) in [5.74, 6) is 0.114. The van der Waals surface area contributed by atoms with E-state index in [9.17, 15) is 18.3 Å². The van der Waals surface area contributed by atoms with E-state index in [1.54, 1.807) is 4.90 Å². The molecule has 0 saturated carbocycles. The number of anilines is 1. The van der Waals surface area contributed by atoms with Crippen molar-refractivity contribution in [3.05, 3.63) is 17.0 Å². The van der Waals surface area contributed by atoms with Crippen LogP contribution in [-0.2, 0) is 6.18 Å². The number of nitrogens with zero attached hydrogens (tertiary/aromatic N) is 3. The number of hydrogen-bond donors (Lipinski definition) is 1. The molecule has 0 amide bonds. The molecule has 2 unspecified atom stereocenters. The van der Waals surface area contributed by atoms with Crippen LogP contribution in [-0.4, -0.2) is 34.3 Å². The van der Waals surface area contributed by atoms with Crippen LogP contribution in [0.15, 0.2) is 6.07 Å². The van der Waals surface area contributed by atoms with Crippen molar-refractivity contribution in [2.75, 3.05) is 18.0 Å². The molecule has 2 heterocycles. The first kappa shape index (κ1) is 14.3. The first-order valence-corrected chi connectivity index (χ1v) is 6.20. The van der Waals surface area contributed by atoms with E-state index in [0.29, 0.717) is 19.5 Å². The molecular weight excluding hydrogens is 283 g/mol. The highest BCUT2D eigenvalue weighted by atomic mass is 35.5. The summed E-state index contributed by atoms with van der Waals surface area (Å²) in [6.45, 7) is 2.71. The van der Waals surface area contributed by atoms with E-state index in [4.69, 9.17) is 11.6 Å². The Morgan fingerprint density at radius 2 is 2.11 bits per heavy atom. The Hall–Kier alpha value is -1.08. The van der Waals surface area contributed by atoms with Gasteiger partial charge < -0.3 is 10.0 Å². The molecule has 0 spiro atoms. The van der Waals surface area contributed by atoms with Gasteiger partial charge in [-0.25, -0.2) is 9.97 Å². The number of aliphatic hydroxyl groups excluding tert-OH is 1. The van der Waals surface area contributed by atoms with Gasteiger partial charge in [-0.3, -0.25) is 0 Å². The molecule has 0 radical (unpaired) electrons. The number of piperidine rings is 1. The molecule has 2 rings (SSSR count). The summed E-state index contributed by atoms with van der Waals surface area (Å²) in [6.07, 6.45) is -4.50. The van der Waals surface area contributed by atoms with Gasteiger partial charge in [-0.05, 0) is 23.9 Å². The zero-order chi connectivity index (χ0) is 14.2. The van der Waals surface area contributed by atoms with Crippen LogP contribution in [0.1, 0.15) is 19.0 Å². The Kier molecular flexibility index (Phi) is 3.87. The van der Waals surface area contributed by atoms with Gasteiger partial charge in [0.1, 0.15) is 5.82 Å². The molecule has 106 valence electrons. The van der Waals surface area contributed by atoms with Crippen molar-refractivity contribution in [2.24, 2.45) is 5.92 Å². The smallest absolute Gasteiger partial charge is 0.393 e. The van der Waals surface area contributed by atoms with Crippen LogP contribution in [0.2, 0.25) is 5.28 Å². The summed E-state index contributed by atoms with van der Waals surface area (Å²) in [5, 5.41) is 9.19. The SMILES string of the molecule is CC1CN(c2cc(C(F)(F)F)nc(Cl)n2)CCC1O. The molecule has 8 heteroatoms. The van der Waals surface area contributed by atoms with Crippen LogP contribution in [0.3, 0.4) is 0 Å². The predicted molar refractivity (Wildman–Crippen MR) is 64.0 cm³/mol. The number of hydrogen-bond acceptors (Lipinski definition) is 4. The van der Waals surface area contributed by atoms with E-state index >= 15 is 0 Å². The minimum absolute atomic E-state index is 0.0307. The molecule has 1 saturated heterocycles. The Morgan fingerprint density at radius 1 is 1.42 bits per heavy atom. The summed E-state index contributed by atoms with van der Waals surface area (Å²) in [6, 6.07) is 0.885. The fraction of sp³-hybridized carbons (Fsp3) is 0.636. The second kappa shape index (κ2) is 5.13. The van der Waals surface area contributed by atoms with Gasteiger partial charge in [0.15, 0.2) is 5.69 Å². The lowest BCUT2D eigenvalue weighted by atomic mass is 9.97. The first-order valence-electron chi connectivity index (χ1n) is 5.82. The molecule has 1 fully saturated rings. The number of aliphatic hydroxyl groups is 1. The molecule has 1 N–H and O–H groups in total. The number of alkyl halides is 3. The van der Waals surface area contributed by atoms with E-state index in [1.807, 2.05) is 6.92 Å².